The number of benzene rings is 2. The quantitative estimate of drug-likeness (QED) is 0.542. The fraction of sp³-hybridized carbons (Fsp3) is 0.111. The predicted octanol–water partition coefficient (Wildman–Crippen LogP) is 3.46. The van der Waals surface area contributed by atoms with Crippen LogP contribution in [0.3, 0.4) is 0 Å². The van der Waals surface area contributed by atoms with Crippen LogP contribution in [0.4, 0.5) is 5.69 Å². The summed E-state index contributed by atoms with van der Waals surface area (Å²) >= 11 is 6.09. The van der Waals surface area contributed by atoms with Crippen molar-refractivity contribution in [1.29, 1.82) is 0 Å². The lowest BCUT2D eigenvalue weighted by molar-refractivity contribution is 0.415. The van der Waals surface area contributed by atoms with E-state index in [1.165, 1.54) is 0 Å². The largest absolute Gasteiger partial charge is 0.495 e. The molecule has 0 spiro atoms. The Morgan fingerprint density at radius 3 is 2.80 bits per heavy atom. The van der Waals surface area contributed by atoms with Gasteiger partial charge in [0.05, 0.1) is 30.6 Å². The van der Waals surface area contributed by atoms with Crippen molar-refractivity contribution in [2.24, 2.45) is 10.7 Å². The lowest BCUT2D eigenvalue weighted by atomic mass is 10.3. The third kappa shape index (κ3) is 4.30. The van der Waals surface area contributed by atoms with Gasteiger partial charge in [0.2, 0.25) is 0 Å². The molecule has 0 radical (unpaired) electrons. The molecule has 0 aliphatic carbocycles. The summed E-state index contributed by atoms with van der Waals surface area (Å²) in [5, 5.41) is 7.84. The van der Waals surface area contributed by atoms with E-state index in [-0.39, 0.29) is 0 Å². The third-order valence-electron chi connectivity index (χ3n) is 3.51. The number of hydrogen-bond acceptors (Lipinski definition) is 3. The van der Waals surface area contributed by atoms with E-state index in [4.69, 9.17) is 22.1 Å². The zero-order chi connectivity index (χ0) is 17.6. The number of aliphatic imine (C=N–C) groups is 1. The van der Waals surface area contributed by atoms with E-state index in [1.54, 1.807) is 30.1 Å². The van der Waals surface area contributed by atoms with E-state index in [2.05, 4.69) is 15.4 Å². The molecule has 2 aromatic carbocycles. The smallest absolute Gasteiger partial charge is 0.193 e. The molecule has 25 heavy (non-hydrogen) atoms. The minimum absolute atomic E-state index is 0.300. The molecule has 0 aliphatic rings. The second-order valence-electron chi connectivity index (χ2n) is 5.30. The SMILES string of the molecule is COc1ccc(NC(N)=NCc2cnn(-c3ccccc3)c2)cc1Cl. The van der Waals surface area contributed by atoms with Gasteiger partial charge in [0.15, 0.2) is 5.96 Å². The maximum atomic E-state index is 6.09. The van der Waals surface area contributed by atoms with Crippen molar-refractivity contribution in [2.45, 2.75) is 6.54 Å². The molecule has 0 unspecified atom stereocenters. The number of hydrogen-bond donors (Lipinski definition) is 2. The average molecular weight is 356 g/mol. The summed E-state index contributed by atoms with van der Waals surface area (Å²) in [6, 6.07) is 15.2. The highest BCUT2D eigenvalue weighted by Crippen LogP contribution is 2.27. The number of para-hydroxylation sites is 1. The fourth-order valence-corrected chi connectivity index (χ4v) is 2.53. The maximum Gasteiger partial charge on any atom is 0.193 e. The van der Waals surface area contributed by atoms with Crippen molar-refractivity contribution in [1.82, 2.24) is 9.78 Å². The maximum absolute atomic E-state index is 6.09. The molecule has 3 aromatic rings. The van der Waals surface area contributed by atoms with E-state index in [1.807, 2.05) is 42.6 Å². The molecule has 0 aliphatic heterocycles. The van der Waals surface area contributed by atoms with Gasteiger partial charge in [-0.1, -0.05) is 29.8 Å². The minimum atomic E-state index is 0.300. The van der Waals surface area contributed by atoms with Gasteiger partial charge in [-0.25, -0.2) is 9.67 Å². The van der Waals surface area contributed by atoms with Gasteiger partial charge in [0.25, 0.3) is 0 Å². The lowest BCUT2D eigenvalue weighted by Gasteiger charge is -2.08. The second-order valence-corrected chi connectivity index (χ2v) is 5.71. The number of ether oxygens (including phenoxy) is 1. The van der Waals surface area contributed by atoms with Gasteiger partial charge < -0.3 is 15.8 Å². The first-order valence-electron chi connectivity index (χ1n) is 7.65. The molecule has 128 valence electrons. The molecule has 0 bridgehead atoms. The predicted molar refractivity (Wildman–Crippen MR) is 101 cm³/mol. The number of methoxy groups -OCH3 is 1. The summed E-state index contributed by atoms with van der Waals surface area (Å²) in [5.74, 6) is 0.907. The molecule has 3 rings (SSSR count). The minimum Gasteiger partial charge on any atom is -0.495 e. The summed E-state index contributed by atoms with van der Waals surface area (Å²) in [7, 11) is 1.57. The standard InChI is InChI=1S/C18H18ClN5O/c1-25-17-8-7-14(9-16(17)19)23-18(20)21-10-13-11-22-24(12-13)15-5-3-2-4-6-15/h2-9,11-12H,10H2,1H3,(H3,20,21,23). The van der Waals surface area contributed by atoms with Crippen molar-refractivity contribution in [2.75, 3.05) is 12.4 Å². The summed E-state index contributed by atoms with van der Waals surface area (Å²) in [6.07, 6.45) is 3.70. The number of nitrogens with zero attached hydrogens (tertiary/aromatic N) is 3. The van der Waals surface area contributed by atoms with E-state index in [9.17, 15) is 0 Å². The van der Waals surface area contributed by atoms with Crippen LogP contribution in [0.1, 0.15) is 5.56 Å². The van der Waals surface area contributed by atoms with Gasteiger partial charge in [0.1, 0.15) is 5.75 Å². The lowest BCUT2D eigenvalue weighted by Crippen LogP contribution is -2.22. The molecule has 0 amide bonds. The second kappa shape index (κ2) is 7.72. The van der Waals surface area contributed by atoms with Crippen LogP contribution in [0.25, 0.3) is 5.69 Å². The van der Waals surface area contributed by atoms with Crippen molar-refractivity contribution in [3.05, 3.63) is 71.5 Å². The number of anilines is 1. The first kappa shape index (κ1) is 16.9. The molecule has 3 N–H and O–H groups in total. The molecular formula is C18H18ClN5O. The zero-order valence-electron chi connectivity index (χ0n) is 13.7. The van der Waals surface area contributed by atoms with E-state index in [0.29, 0.717) is 23.3 Å². The molecule has 0 saturated heterocycles. The molecular weight excluding hydrogens is 338 g/mol. The Balaban J connectivity index is 1.64. The molecule has 6 nitrogen and oxygen atoms in total. The van der Waals surface area contributed by atoms with Gasteiger partial charge >= 0.3 is 0 Å². The number of rotatable bonds is 5. The molecule has 0 atom stereocenters. The number of nitrogens with two attached hydrogens (primary N) is 1. The number of aromatic nitrogens is 2. The van der Waals surface area contributed by atoms with Gasteiger partial charge in [-0.05, 0) is 30.3 Å². The number of nitrogens with one attached hydrogen (secondary N) is 1. The Morgan fingerprint density at radius 2 is 2.08 bits per heavy atom. The van der Waals surface area contributed by atoms with E-state index < -0.39 is 0 Å². The highest BCUT2D eigenvalue weighted by Gasteiger charge is 2.03. The summed E-state index contributed by atoms with van der Waals surface area (Å²) in [4.78, 5) is 4.32. The molecule has 7 heteroatoms. The van der Waals surface area contributed by atoms with Crippen molar-refractivity contribution in [3.8, 4) is 11.4 Å². The van der Waals surface area contributed by atoms with Crippen LogP contribution in [-0.4, -0.2) is 22.8 Å². The Morgan fingerprint density at radius 1 is 1.28 bits per heavy atom. The molecule has 1 aromatic heterocycles. The van der Waals surface area contributed by atoms with E-state index in [0.717, 1.165) is 16.9 Å². The van der Waals surface area contributed by atoms with Crippen LogP contribution in [0, 0.1) is 0 Å². The van der Waals surface area contributed by atoms with E-state index >= 15 is 0 Å². The summed E-state index contributed by atoms with van der Waals surface area (Å²) in [5.41, 5.74) is 8.63. The van der Waals surface area contributed by atoms with Crippen LogP contribution in [-0.2, 0) is 6.54 Å². The Kier molecular flexibility index (Phi) is 5.20. The summed E-state index contributed by atoms with van der Waals surface area (Å²) in [6.45, 7) is 0.426. The number of guanidine groups is 1. The Bertz CT molecular complexity index is 876. The third-order valence-corrected chi connectivity index (χ3v) is 3.81. The normalized spacial score (nSPS) is 11.4. The van der Waals surface area contributed by atoms with Crippen LogP contribution in [0.2, 0.25) is 5.02 Å². The fourth-order valence-electron chi connectivity index (χ4n) is 2.27. The average Bonchev–Trinajstić information content (AvgIpc) is 3.10. The van der Waals surface area contributed by atoms with Crippen molar-refractivity contribution < 1.29 is 4.74 Å². The van der Waals surface area contributed by atoms with Gasteiger partial charge in [-0.3, -0.25) is 0 Å². The summed E-state index contributed by atoms with van der Waals surface area (Å²) < 4.78 is 6.92. The number of halogens is 1. The van der Waals surface area contributed by atoms with Crippen molar-refractivity contribution in [3.63, 3.8) is 0 Å². The van der Waals surface area contributed by atoms with Crippen LogP contribution < -0.4 is 15.8 Å². The van der Waals surface area contributed by atoms with Crippen LogP contribution >= 0.6 is 11.6 Å². The van der Waals surface area contributed by atoms with Crippen molar-refractivity contribution >= 4 is 23.2 Å². The van der Waals surface area contributed by atoms with Crippen LogP contribution in [0.5, 0.6) is 5.75 Å². The van der Waals surface area contributed by atoms with Gasteiger partial charge in [0, 0.05) is 17.4 Å². The molecule has 1 heterocycles. The molecule has 0 fully saturated rings. The van der Waals surface area contributed by atoms with Crippen LogP contribution in [0.15, 0.2) is 65.9 Å². The monoisotopic (exact) mass is 355 g/mol. The zero-order valence-corrected chi connectivity index (χ0v) is 14.4. The molecule has 0 saturated carbocycles. The highest BCUT2D eigenvalue weighted by atomic mass is 35.5. The first-order chi connectivity index (χ1) is 12.2. The first-order valence-corrected chi connectivity index (χ1v) is 8.03. The van der Waals surface area contributed by atoms with Gasteiger partial charge in [-0.2, -0.15) is 5.10 Å². The topological polar surface area (TPSA) is 77.5 Å². The highest BCUT2D eigenvalue weighted by molar-refractivity contribution is 6.32. The Labute approximate surface area is 150 Å². The Hall–Kier alpha value is -2.99. The van der Waals surface area contributed by atoms with Gasteiger partial charge in [-0.15, -0.1) is 0 Å².